The smallest absolute Gasteiger partial charge is 0.228 e. The maximum Gasteiger partial charge on any atom is 0.228 e. The summed E-state index contributed by atoms with van der Waals surface area (Å²) in [7, 11) is 3.21. The van der Waals surface area contributed by atoms with Crippen molar-refractivity contribution in [2.24, 2.45) is 5.92 Å². The number of carbonyl (C=O) groups is 1. The molecule has 0 aliphatic carbocycles. The average Bonchev–Trinajstić information content (AvgIpc) is 2.46. The number of hydrogen-bond donors (Lipinski definition) is 1. The quantitative estimate of drug-likeness (QED) is 0.838. The maximum absolute atomic E-state index is 12.5. The first-order valence-electron chi connectivity index (χ1n) is 7.46. The zero-order valence-corrected chi connectivity index (χ0v) is 13.9. The number of benzene rings is 1. The van der Waals surface area contributed by atoms with Crippen LogP contribution >= 0.6 is 0 Å². The fourth-order valence-corrected chi connectivity index (χ4v) is 2.32. The third kappa shape index (κ3) is 4.38. The van der Waals surface area contributed by atoms with Crippen LogP contribution in [0.15, 0.2) is 18.2 Å². The summed E-state index contributed by atoms with van der Waals surface area (Å²) in [5.74, 6) is 1.39. The van der Waals surface area contributed by atoms with Gasteiger partial charge in [0.2, 0.25) is 5.91 Å². The minimum absolute atomic E-state index is 0.0616. The number of hydrogen-bond acceptors (Lipinski definition) is 3. The highest BCUT2D eigenvalue weighted by atomic mass is 16.5. The molecule has 0 saturated carbocycles. The molecule has 2 unspecified atom stereocenters. The highest BCUT2D eigenvalue weighted by Gasteiger charge is 2.26. The van der Waals surface area contributed by atoms with Crippen LogP contribution in [0.25, 0.3) is 0 Å². The molecule has 0 saturated heterocycles. The molecule has 1 amide bonds. The predicted molar refractivity (Wildman–Crippen MR) is 85.0 cm³/mol. The van der Waals surface area contributed by atoms with E-state index in [4.69, 9.17) is 9.47 Å². The van der Waals surface area contributed by atoms with E-state index in [2.05, 4.69) is 26.1 Å². The number of ether oxygens (including phenoxy) is 2. The monoisotopic (exact) mass is 293 g/mol. The molecular weight excluding hydrogens is 266 g/mol. The summed E-state index contributed by atoms with van der Waals surface area (Å²) in [4.78, 5) is 12.5. The van der Waals surface area contributed by atoms with Gasteiger partial charge in [0.15, 0.2) is 11.5 Å². The molecule has 118 valence electrons. The minimum Gasteiger partial charge on any atom is -0.493 e. The van der Waals surface area contributed by atoms with Crippen LogP contribution in [0.2, 0.25) is 0 Å². The van der Waals surface area contributed by atoms with Gasteiger partial charge in [-0.1, -0.05) is 26.8 Å². The fourth-order valence-electron chi connectivity index (χ4n) is 2.32. The van der Waals surface area contributed by atoms with Gasteiger partial charge < -0.3 is 14.8 Å². The molecule has 0 aromatic heterocycles. The van der Waals surface area contributed by atoms with Gasteiger partial charge in [-0.05, 0) is 37.0 Å². The zero-order chi connectivity index (χ0) is 16.0. The number of methoxy groups -OCH3 is 2. The highest BCUT2D eigenvalue weighted by molar-refractivity contribution is 5.84. The van der Waals surface area contributed by atoms with Crippen molar-refractivity contribution in [3.63, 3.8) is 0 Å². The summed E-state index contributed by atoms with van der Waals surface area (Å²) in [5, 5.41) is 3.06. The van der Waals surface area contributed by atoms with Gasteiger partial charge in [0.1, 0.15) is 0 Å². The first kappa shape index (κ1) is 17.3. The van der Waals surface area contributed by atoms with E-state index in [1.807, 2.05) is 25.1 Å². The van der Waals surface area contributed by atoms with Gasteiger partial charge in [0.25, 0.3) is 0 Å². The Morgan fingerprint density at radius 1 is 1.14 bits per heavy atom. The Kier molecular flexibility index (Phi) is 6.53. The maximum atomic E-state index is 12.5. The zero-order valence-electron chi connectivity index (χ0n) is 13.9. The SMILES string of the molecule is CCC(C)NC(=O)C(c1ccc(OC)c(OC)c1)C(C)C. The Morgan fingerprint density at radius 2 is 1.76 bits per heavy atom. The lowest BCUT2D eigenvalue weighted by Gasteiger charge is -2.23. The molecule has 1 rings (SSSR count). The first-order chi connectivity index (χ1) is 9.94. The van der Waals surface area contributed by atoms with Crippen LogP contribution in [0.3, 0.4) is 0 Å². The molecule has 1 N–H and O–H groups in total. The molecule has 2 atom stereocenters. The topological polar surface area (TPSA) is 47.6 Å². The molecule has 0 fully saturated rings. The van der Waals surface area contributed by atoms with E-state index in [1.54, 1.807) is 14.2 Å². The van der Waals surface area contributed by atoms with E-state index in [-0.39, 0.29) is 23.8 Å². The molecule has 21 heavy (non-hydrogen) atoms. The molecule has 0 spiro atoms. The van der Waals surface area contributed by atoms with Gasteiger partial charge in [-0.2, -0.15) is 0 Å². The normalized spacial score (nSPS) is 13.7. The molecular formula is C17H27NO3. The molecule has 1 aromatic rings. The van der Waals surface area contributed by atoms with E-state index >= 15 is 0 Å². The van der Waals surface area contributed by atoms with Crippen LogP contribution in [0.4, 0.5) is 0 Å². The van der Waals surface area contributed by atoms with Crippen LogP contribution in [0.5, 0.6) is 11.5 Å². The van der Waals surface area contributed by atoms with Gasteiger partial charge in [-0.25, -0.2) is 0 Å². The Labute approximate surface area is 127 Å². The minimum atomic E-state index is -0.196. The van der Waals surface area contributed by atoms with Crippen molar-refractivity contribution in [1.82, 2.24) is 5.32 Å². The Bertz CT molecular complexity index is 471. The summed E-state index contributed by atoms with van der Waals surface area (Å²) < 4.78 is 10.6. The second-order valence-electron chi connectivity index (χ2n) is 5.65. The number of carbonyl (C=O) groups excluding carboxylic acids is 1. The van der Waals surface area contributed by atoms with Gasteiger partial charge in [0.05, 0.1) is 20.1 Å². The molecule has 0 aliphatic heterocycles. The van der Waals surface area contributed by atoms with E-state index in [0.717, 1.165) is 12.0 Å². The molecule has 4 heteroatoms. The van der Waals surface area contributed by atoms with Gasteiger partial charge in [-0.3, -0.25) is 4.79 Å². The van der Waals surface area contributed by atoms with Crippen molar-refractivity contribution in [1.29, 1.82) is 0 Å². The van der Waals surface area contributed by atoms with Crippen LogP contribution in [0.1, 0.15) is 45.6 Å². The van der Waals surface area contributed by atoms with Crippen molar-refractivity contribution in [3.05, 3.63) is 23.8 Å². The lowest BCUT2D eigenvalue weighted by atomic mass is 9.87. The fraction of sp³-hybridized carbons (Fsp3) is 0.588. The molecule has 0 aliphatic rings. The number of nitrogens with one attached hydrogen (secondary N) is 1. The van der Waals surface area contributed by atoms with Crippen LogP contribution < -0.4 is 14.8 Å². The third-order valence-electron chi connectivity index (χ3n) is 3.72. The Balaban J connectivity index is 3.08. The number of amides is 1. The van der Waals surface area contributed by atoms with Crippen molar-refractivity contribution in [2.75, 3.05) is 14.2 Å². The van der Waals surface area contributed by atoms with Gasteiger partial charge in [-0.15, -0.1) is 0 Å². The highest BCUT2D eigenvalue weighted by Crippen LogP contribution is 2.33. The summed E-state index contributed by atoms with van der Waals surface area (Å²) in [6.07, 6.45) is 0.919. The van der Waals surface area contributed by atoms with E-state index in [1.165, 1.54) is 0 Å². The second-order valence-corrected chi connectivity index (χ2v) is 5.65. The van der Waals surface area contributed by atoms with Crippen molar-refractivity contribution in [3.8, 4) is 11.5 Å². The Hall–Kier alpha value is -1.71. The summed E-state index contributed by atoms with van der Waals surface area (Å²) in [5.41, 5.74) is 0.948. The average molecular weight is 293 g/mol. The van der Waals surface area contributed by atoms with Crippen molar-refractivity contribution >= 4 is 5.91 Å². The van der Waals surface area contributed by atoms with Gasteiger partial charge in [0, 0.05) is 6.04 Å². The van der Waals surface area contributed by atoms with Crippen LogP contribution in [-0.2, 0) is 4.79 Å². The molecule has 0 bridgehead atoms. The lowest BCUT2D eigenvalue weighted by Crippen LogP contribution is -2.37. The molecule has 0 radical (unpaired) electrons. The summed E-state index contributed by atoms with van der Waals surface area (Å²) in [6.45, 7) is 8.19. The second kappa shape index (κ2) is 7.91. The molecule has 0 heterocycles. The van der Waals surface area contributed by atoms with Crippen LogP contribution in [-0.4, -0.2) is 26.2 Å². The van der Waals surface area contributed by atoms with E-state index in [9.17, 15) is 4.79 Å². The predicted octanol–water partition coefficient (Wildman–Crippen LogP) is 3.36. The Morgan fingerprint density at radius 3 is 2.24 bits per heavy atom. The standard InChI is InChI=1S/C17H27NO3/c1-7-12(4)18-17(19)16(11(2)3)13-8-9-14(20-5)15(10-13)21-6/h8-12,16H,7H2,1-6H3,(H,18,19). The summed E-state index contributed by atoms with van der Waals surface area (Å²) in [6, 6.07) is 5.85. The third-order valence-corrected chi connectivity index (χ3v) is 3.72. The molecule has 1 aromatic carbocycles. The van der Waals surface area contributed by atoms with E-state index in [0.29, 0.717) is 11.5 Å². The molecule has 4 nitrogen and oxygen atoms in total. The first-order valence-corrected chi connectivity index (χ1v) is 7.46. The summed E-state index contributed by atoms with van der Waals surface area (Å²) >= 11 is 0. The van der Waals surface area contributed by atoms with Gasteiger partial charge >= 0.3 is 0 Å². The lowest BCUT2D eigenvalue weighted by molar-refractivity contribution is -0.124. The van der Waals surface area contributed by atoms with Crippen molar-refractivity contribution in [2.45, 2.75) is 46.1 Å². The van der Waals surface area contributed by atoms with Crippen molar-refractivity contribution < 1.29 is 14.3 Å². The van der Waals surface area contributed by atoms with Crippen LogP contribution in [0, 0.1) is 5.92 Å². The largest absolute Gasteiger partial charge is 0.493 e. The van der Waals surface area contributed by atoms with E-state index < -0.39 is 0 Å². The number of rotatable bonds is 7.